The minimum absolute atomic E-state index is 0. The van der Waals surface area contributed by atoms with E-state index in [1.807, 2.05) is 0 Å². The number of rotatable bonds is 32. The van der Waals surface area contributed by atoms with E-state index in [1.54, 1.807) is 0 Å². The van der Waals surface area contributed by atoms with Gasteiger partial charge in [0.2, 0.25) is 0 Å². The molecular formula is C34H67NaO5S. The van der Waals surface area contributed by atoms with Crippen LogP contribution in [0, 0.1) is 5.92 Å². The molecule has 0 saturated carbocycles. The van der Waals surface area contributed by atoms with E-state index in [-0.39, 0.29) is 29.6 Å². The molecule has 0 amide bonds. The first-order valence-corrected chi connectivity index (χ1v) is 18.9. The van der Waals surface area contributed by atoms with Gasteiger partial charge in [-0.1, -0.05) is 194 Å². The molecule has 5 nitrogen and oxygen atoms in total. The molecule has 240 valence electrons. The fourth-order valence-electron chi connectivity index (χ4n) is 5.72. The van der Waals surface area contributed by atoms with Crippen LogP contribution in [0.2, 0.25) is 0 Å². The summed E-state index contributed by atoms with van der Waals surface area (Å²) in [5.41, 5.74) is 0. The third-order valence-electron chi connectivity index (χ3n) is 8.33. The Bertz CT molecular complexity index is 609. The number of hydrogen-bond donors (Lipinski definition) is 0. The van der Waals surface area contributed by atoms with Gasteiger partial charge in [0, 0.05) is 0 Å². The van der Waals surface area contributed by atoms with Gasteiger partial charge in [-0.3, -0.25) is 4.79 Å². The molecule has 0 bridgehead atoms. The van der Waals surface area contributed by atoms with Gasteiger partial charge < -0.3 is 8.74 Å². The van der Waals surface area contributed by atoms with Gasteiger partial charge in [0.15, 0.2) is 0 Å². The number of carbonyl (C=O) groups is 1. The number of unbranched alkanes of at least 4 members (excludes halogenated alkanes) is 26. The van der Waals surface area contributed by atoms with Crippen molar-refractivity contribution in [3.63, 3.8) is 0 Å². The molecule has 0 unspecified atom stereocenters. The van der Waals surface area contributed by atoms with Crippen LogP contribution in [0.5, 0.6) is 0 Å². The summed E-state index contributed by atoms with van der Waals surface area (Å²) < 4.78 is 37.1. The molecule has 0 atom stereocenters. The minimum Gasteiger partial charge on any atom is -0.716 e. The van der Waals surface area contributed by atoms with Crippen LogP contribution in [-0.4, -0.2) is 18.9 Å². The predicted molar refractivity (Wildman–Crippen MR) is 169 cm³/mol. The first kappa shape index (κ1) is 43.5. The van der Waals surface area contributed by atoms with Gasteiger partial charge in [-0.15, -0.1) is 0 Å². The first-order valence-electron chi connectivity index (χ1n) is 17.6. The van der Waals surface area contributed by atoms with E-state index in [0.29, 0.717) is 12.8 Å². The molecule has 0 saturated heterocycles. The van der Waals surface area contributed by atoms with Crippen LogP contribution in [0.15, 0.2) is 0 Å². The van der Waals surface area contributed by atoms with E-state index in [2.05, 4.69) is 18.0 Å². The first-order chi connectivity index (χ1) is 19.4. The Morgan fingerprint density at radius 2 is 0.707 bits per heavy atom. The van der Waals surface area contributed by atoms with Crippen molar-refractivity contribution in [1.82, 2.24) is 0 Å². The maximum absolute atomic E-state index is 12.3. The van der Waals surface area contributed by atoms with Crippen molar-refractivity contribution in [3.8, 4) is 0 Å². The molecule has 0 aromatic carbocycles. The zero-order valence-electron chi connectivity index (χ0n) is 27.7. The zero-order valence-corrected chi connectivity index (χ0v) is 30.6. The fraction of sp³-hybridized carbons (Fsp3) is 0.971. The monoisotopic (exact) mass is 610 g/mol. The van der Waals surface area contributed by atoms with E-state index in [4.69, 9.17) is 0 Å². The smallest absolute Gasteiger partial charge is 0.716 e. The molecule has 41 heavy (non-hydrogen) atoms. The second kappa shape index (κ2) is 33.3. The second-order valence-electron chi connectivity index (χ2n) is 12.3. The van der Waals surface area contributed by atoms with Gasteiger partial charge in [-0.25, -0.2) is 8.42 Å². The van der Waals surface area contributed by atoms with Crippen molar-refractivity contribution in [2.75, 3.05) is 0 Å². The van der Waals surface area contributed by atoms with Crippen molar-refractivity contribution < 1.29 is 51.5 Å². The quantitative estimate of drug-likeness (QED) is 0.0331. The molecule has 0 aliphatic heterocycles. The zero-order chi connectivity index (χ0) is 29.6. The third-order valence-corrected chi connectivity index (χ3v) is 8.70. The topological polar surface area (TPSA) is 83.5 Å². The standard InChI is InChI=1S/C34H68O5S.Na/c1-3-5-7-9-11-13-15-17-19-21-23-25-27-29-31-33(34(35)39-40(36,37)38)32-30-28-26-24-22-20-18-16-14-12-10-8-6-4-2;/h33H,3-32H2,1-2H3,(H,36,37,38);/q;+1/p-1. The maximum Gasteiger partial charge on any atom is 1.00 e. The van der Waals surface area contributed by atoms with Crippen molar-refractivity contribution in [2.45, 2.75) is 206 Å². The Kier molecular flexibility index (Phi) is 35.3. The van der Waals surface area contributed by atoms with E-state index < -0.39 is 22.3 Å². The molecule has 0 aliphatic carbocycles. The van der Waals surface area contributed by atoms with Crippen LogP contribution in [-0.2, 0) is 19.4 Å². The van der Waals surface area contributed by atoms with Crippen molar-refractivity contribution in [3.05, 3.63) is 0 Å². The normalized spacial score (nSPS) is 11.6. The van der Waals surface area contributed by atoms with Crippen molar-refractivity contribution in [2.24, 2.45) is 5.92 Å². The molecule has 0 N–H and O–H groups in total. The van der Waals surface area contributed by atoms with E-state index >= 15 is 0 Å². The van der Waals surface area contributed by atoms with Crippen LogP contribution in [0.3, 0.4) is 0 Å². The van der Waals surface area contributed by atoms with Crippen LogP contribution >= 0.6 is 0 Å². The summed E-state index contributed by atoms with van der Waals surface area (Å²) in [5.74, 6) is -1.32. The Hall–Kier alpha value is 0.380. The summed E-state index contributed by atoms with van der Waals surface area (Å²) in [6.45, 7) is 4.52. The minimum atomic E-state index is -4.99. The predicted octanol–water partition coefficient (Wildman–Crippen LogP) is 8.35. The molecule has 0 spiro atoms. The summed E-state index contributed by atoms with van der Waals surface area (Å²) in [4.78, 5) is 12.3. The number of hydrogen-bond acceptors (Lipinski definition) is 5. The Morgan fingerprint density at radius 3 is 0.927 bits per heavy atom. The molecular weight excluding hydrogens is 543 g/mol. The summed E-state index contributed by atoms with van der Waals surface area (Å²) in [7, 11) is -4.99. The molecule has 0 radical (unpaired) electrons. The molecule has 0 aromatic heterocycles. The van der Waals surface area contributed by atoms with Crippen LogP contribution < -0.4 is 29.6 Å². The molecule has 0 heterocycles. The summed E-state index contributed by atoms with van der Waals surface area (Å²) in [6.07, 6.45) is 36.8. The van der Waals surface area contributed by atoms with Gasteiger partial charge in [0.05, 0.1) is 5.92 Å². The van der Waals surface area contributed by atoms with Crippen molar-refractivity contribution in [1.29, 1.82) is 0 Å². The molecule has 0 fully saturated rings. The van der Waals surface area contributed by atoms with Crippen LogP contribution in [0.4, 0.5) is 0 Å². The van der Waals surface area contributed by atoms with E-state index in [1.165, 1.54) is 141 Å². The Morgan fingerprint density at radius 1 is 0.488 bits per heavy atom. The average Bonchev–Trinajstić information content (AvgIpc) is 2.91. The van der Waals surface area contributed by atoms with Crippen molar-refractivity contribution >= 4 is 16.4 Å². The third kappa shape index (κ3) is 34.7. The summed E-state index contributed by atoms with van der Waals surface area (Å²) in [5, 5.41) is 0. The SMILES string of the molecule is CCCCCCCCCCCCCCCCC(CCCCCCCCCCCCCCCC)C(=O)OS(=O)(=O)[O-].[Na+]. The Labute approximate surface area is 278 Å². The molecule has 0 rings (SSSR count). The average molecular weight is 611 g/mol. The van der Waals surface area contributed by atoms with Crippen LogP contribution in [0.25, 0.3) is 0 Å². The molecule has 0 aromatic rings. The number of carbonyl (C=O) groups excluding carboxylic acids is 1. The second-order valence-corrected chi connectivity index (χ2v) is 13.3. The van der Waals surface area contributed by atoms with Crippen LogP contribution in [0.1, 0.15) is 206 Å². The fourth-order valence-corrected chi connectivity index (χ4v) is 6.06. The van der Waals surface area contributed by atoms with E-state index in [0.717, 1.165) is 38.5 Å². The van der Waals surface area contributed by atoms with Gasteiger partial charge in [0.25, 0.3) is 10.4 Å². The van der Waals surface area contributed by atoms with Gasteiger partial charge in [-0.2, -0.15) is 0 Å². The largest absolute Gasteiger partial charge is 1.00 e. The molecule has 7 heteroatoms. The van der Waals surface area contributed by atoms with Gasteiger partial charge in [0.1, 0.15) is 0 Å². The summed E-state index contributed by atoms with van der Waals surface area (Å²) in [6, 6.07) is 0. The van der Waals surface area contributed by atoms with E-state index in [9.17, 15) is 17.8 Å². The van der Waals surface area contributed by atoms with Gasteiger partial charge in [-0.05, 0) is 12.8 Å². The summed E-state index contributed by atoms with van der Waals surface area (Å²) >= 11 is 0. The molecule has 0 aliphatic rings. The Balaban J connectivity index is 0. The maximum atomic E-state index is 12.3. The van der Waals surface area contributed by atoms with Gasteiger partial charge >= 0.3 is 35.5 Å².